The van der Waals surface area contributed by atoms with Gasteiger partial charge in [-0.2, -0.15) is 46.0 Å². The summed E-state index contributed by atoms with van der Waals surface area (Å²) in [6, 6.07) is 10.1. The van der Waals surface area contributed by atoms with Gasteiger partial charge in [-0.05, 0) is 121 Å². The first-order valence-corrected chi connectivity index (χ1v) is 23.8. The average molecular weight is 1200 g/mol. The summed E-state index contributed by atoms with van der Waals surface area (Å²) in [6.07, 6.45) is -1.50. The standard InChI is InChI=1S/C23H19BrF4N6O3.C19H20F4N4O.C5H2BrFN2O2/c1-3-33-12-14(20(31-33)23(26,27)28)11-32-7-6-29-21(32)17-5-4-16(25)9-18(17)13(2)37-19-8-15(24)10-30-22(19)34(35)36;1-4-27-10-13(18(25-27)19(21,22)23)7-12-9-26(3)24-17(12)15-6-5-14(20)8-16(15)11(2)28;6-3-1-4(7)5(8-2-3)9(10)11/h4-10,12-13H,3,11H2,1-2H3;5-6,8-11,28H,4,7H2,1-3H3;1-2H/t13-;11-;/m11./s1. The van der Waals surface area contributed by atoms with Crippen LogP contribution in [-0.4, -0.2) is 63.8 Å². The normalized spacial score (nSPS) is 12.3. The van der Waals surface area contributed by atoms with E-state index in [1.807, 2.05) is 0 Å². The summed E-state index contributed by atoms with van der Waals surface area (Å²) in [4.78, 5) is 31.1. The van der Waals surface area contributed by atoms with Crippen LogP contribution in [0, 0.1) is 37.7 Å². The van der Waals surface area contributed by atoms with Gasteiger partial charge in [-0.3, -0.25) is 14.0 Å². The first-order chi connectivity index (χ1) is 35.7. The number of halogens is 11. The van der Waals surface area contributed by atoms with E-state index in [1.165, 1.54) is 105 Å². The third-order valence-electron chi connectivity index (χ3n) is 10.9. The van der Waals surface area contributed by atoms with Crippen molar-refractivity contribution in [3.8, 4) is 28.4 Å². The zero-order valence-corrected chi connectivity index (χ0v) is 43.3. The van der Waals surface area contributed by atoms with Gasteiger partial charge in [0.25, 0.3) is 0 Å². The van der Waals surface area contributed by atoms with Gasteiger partial charge >= 0.3 is 24.0 Å². The number of hydrogen-bond acceptors (Lipinski definition) is 12. The van der Waals surface area contributed by atoms with E-state index in [0.29, 0.717) is 43.4 Å². The number of imidazole rings is 1. The number of aromatic nitrogens is 10. The highest BCUT2D eigenvalue weighted by atomic mass is 79.9. The summed E-state index contributed by atoms with van der Waals surface area (Å²) in [6.45, 7) is 6.81. The maximum absolute atomic E-state index is 14.3. The summed E-state index contributed by atoms with van der Waals surface area (Å²) in [7, 11) is 1.65. The minimum atomic E-state index is -4.65. The van der Waals surface area contributed by atoms with Crippen molar-refractivity contribution in [3.63, 3.8) is 0 Å². The molecule has 0 aliphatic heterocycles. The summed E-state index contributed by atoms with van der Waals surface area (Å²) in [5.74, 6) is -3.23. The van der Waals surface area contributed by atoms with Gasteiger partial charge in [0, 0.05) is 103 Å². The second kappa shape index (κ2) is 24.0. The van der Waals surface area contributed by atoms with Crippen LogP contribution >= 0.6 is 31.9 Å². The fourth-order valence-electron chi connectivity index (χ4n) is 7.54. The lowest BCUT2D eigenvalue weighted by Crippen LogP contribution is -2.12. The lowest BCUT2D eigenvalue weighted by molar-refractivity contribution is -0.392. The molecular weight excluding hydrogens is 1160 g/mol. The molecule has 6 aromatic heterocycles. The third-order valence-corrected chi connectivity index (χ3v) is 11.7. The number of ether oxygens (including phenoxy) is 1. The largest absolute Gasteiger partial charge is 0.478 e. The minimum absolute atomic E-state index is 0.0318. The van der Waals surface area contributed by atoms with E-state index in [9.17, 15) is 64.8 Å². The maximum atomic E-state index is 14.3. The summed E-state index contributed by atoms with van der Waals surface area (Å²) in [5, 5.41) is 43.0. The Morgan fingerprint density at radius 2 is 1.25 bits per heavy atom. The zero-order chi connectivity index (χ0) is 56.0. The fraction of sp³-hybridized carbons (Fsp3) is 0.277. The van der Waals surface area contributed by atoms with Crippen molar-refractivity contribution < 1.29 is 59.2 Å². The second-order valence-corrected chi connectivity index (χ2v) is 18.1. The molecular formula is C47H41Br2F9N12O6. The average Bonchev–Trinajstić information content (AvgIpc) is 4.16. The molecule has 76 heavy (non-hydrogen) atoms. The lowest BCUT2D eigenvalue weighted by atomic mass is 9.96. The molecule has 0 radical (unpaired) electrons. The first-order valence-electron chi connectivity index (χ1n) is 22.2. The fourth-order valence-corrected chi connectivity index (χ4v) is 8.15. The van der Waals surface area contributed by atoms with Crippen LogP contribution in [0.5, 0.6) is 5.75 Å². The summed E-state index contributed by atoms with van der Waals surface area (Å²) in [5.41, 5.74) is 0.416. The molecule has 0 amide bonds. The Balaban J connectivity index is 0.000000211. The zero-order valence-electron chi connectivity index (χ0n) is 40.2. The van der Waals surface area contributed by atoms with Gasteiger partial charge in [-0.25, -0.2) is 13.8 Å². The highest BCUT2D eigenvalue weighted by molar-refractivity contribution is 9.10. The van der Waals surface area contributed by atoms with E-state index in [4.69, 9.17) is 4.74 Å². The van der Waals surface area contributed by atoms with Crippen molar-refractivity contribution in [2.24, 2.45) is 7.05 Å². The van der Waals surface area contributed by atoms with Crippen LogP contribution in [-0.2, 0) is 45.5 Å². The number of rotatable bonds is 14. The highest BCUT2D eigenvalue weighted by Crippen LogP contribution is 2.38. The van der Waals surface area contributed by atoms with Crippen LogP contribution in [0.15, 0.2) is 101 Å². The predicted molar refractivity (Wildman–Crippen MR) is 261 cm³/mol. The summed E-state index contributed by atoms with van der Waals surface area (Å²) >= 11 is 6.11. The molecule has 2 aromatic carbocycles. The Morgan fingerprint density at radius 3 is 1.80 bits per heavy atom. The molecule has 18 nitrogen and oxygen atoms in total. The van der Waals surface area contributed by atoms with E-state index in [-0.39, 0.29) is 47.8 Å². The second-order valence-electron chi connectivity index (χ2n) is 16.3. The Kier molecular flexibility index (Phi) is 18.2. The Morgan fingerprint density at radius 1 is 0.711 bits per heavy atom. The van der Waals surface area contributed by atoms with Crippen LogP contribution in [0.25, 0.3) is 22.6 Å². The number of aliphatic hydroxyl groups excluding tert-OH is 1. The van der Waals surface area contributed by atoms with E-state index < -0.39 is 74.9 Å². The molecule has 0 saturated heterocycles. The van der Waals surface area contributed by atoms with Crippen molar-refractivity contribution in [3.05, 3.63) is 178 Å². The molecule has 2 atom stereocenters. The van der Waals surface area contributed by atoms with Crippen LogP contribution in [0.2, 0.25) is 0 Å². The van der Waals surface area contributed by atoms with Crippen molar-refractivity contribution in [2.75, 3.05) is 0 Å². The monoisotopic (exact) mass is 1200 g/mol. The Bertz CT molecular complexity index is 3380. The van der Waals surface area contributed by atoms with Crippen LogP contribution in [0.1, 0.15) is 79.1 Å². The highest BCUT2D eigenvalue weighted by Gasteiger charge is 2.38. The van der Waals surface area contributed by atoms with Crippen molar-refractivity contribution in [1.82, 2.24) is 48.9 Å². The molecule has 1 N–H and O–H groups in total. The van der Waals surface area contributed by atoms with Crippen LogP contribution in [0.4, 0.5) is 51.1 Å². The molecule has 0 unspecified atom stereocenters. The predicted octanol–water partition coefficient (Wildman–Crippen LogP) is 12.2. The van der Waals surface area contributed by atoms with Gasteiger partial charge in [-0.1, -0.05) is 0 Å². The Hall–Kier alpha value is -7.53. The van der Waals surface area contributed by atoms with Crippen molar-refractivity contribution in [1.29, 1.82) is 0 Å². The molecule has 0 bridgehead atoms. The number of aliphatic hydroxyl groups is 1. The molecule has 8 aromatic rings. The van der Waals surface area contributed by atoms with Gasteiger partial charge < -0.3 is 34.6 Å². The molecule has 0 saturated carbocycles. The third kappa shape index (κ3) is 14.0. The number of nitrogens with zero attached hydrogens (tertiary/aromatic N) is 12. The molecule has 0 aliphatic carbocycles. The van der Waals surface area contributed by atoms with Crippen LogP contribution in [0.3, 0.4) is 0 Å². The quantitative estimate of drug-likeness (QED) is 0.0612. The molecule has 29 heteroatoms. The SMILES string of the molecule is CCn1cc(Cc2cn(C)nc2-c2ccc(F)cc2[C@@H](C)O)c(C(F)(F)F)n1.CCn1cc(Cn2ccnc2-c2ccc(F)cc2[C@@H](C)Oc2cc(Br)cnc2[N+](=O)[O-])c(C(F)(F)F)n1.O=[N+]([O-])c1ncc(Br)cc1F. The van der Waals surface area contributed by atoms with Gasteiger partial charge in [-0.15, -0.1) is 0 Å². The van der Waals surface area contributed by atoms with Crippen molar-refractivity contribution in [2.45, 2.75) is 78.3 Å². The number of benzene rings is 2. The van der Waals surface area contributed by atoms with Gasteiger partial charge in [0.15, 0.2) is 23.8 Å². The van der Waals surface area contributed by atoms with Gasteiger partial charge in [0.2, 0.25) is 11.6 Å². The van der Waals surface area contributed by atoms with E-state index in [0.717, 1.165) is 6.07 Å². The topological polar surface area (TPSA) is 213 Å². The van der Waals surface area contributed by atoms with Crippen molar-refractivity contribution >= 4 is 43.5 Å². The smallest absolute Gasteiger partial charge is 0.435 e. The number of aryl methyl sites for hydroxylation is 3. The first kappa shape index (κ1) is 57.7. The molecule has 0 spiro atoms. The van der Waals surface area contributed by atoms with Gasteiger partial charge in [0.05, 0.1) is 27.3 Å². The maximum Gasteiger partial charge on any atom is 0.435 e. The molecule has 0 fully saturated rings. The lowest BCUT2D eigenvalue weighted by Gasteiger charge is -2.19. The number of pyridine rings is 2. The Labute approximate surface area is 441 Å². The van der Waals surface area contributed by atoms with E-state index in [1.54, 1.807) is 34.0 Å². The molecule has 8 rings (SSSR count). The van der Waals surface area contributed by atoms with E-state index in [2.05, 4.69) is 62.1 Å². The number of hydrogen-bond donors (Lipinski definition) is 1. The number of alkyl halides is 6. The van der Waals surface area contributed by atoms with Gasteiger partial charge in [0.1, 0.15) is 23.6 Å². The van der Waals surface area contributed by atoms with Crippen LogP contribution < -0.4 is 4.74 Å². The molecule has 6 heterocycles. The minimum Gasteiger partial charge on any atom is -0.478 e. The number of nitro groups is 2. The molecule has 402 valence electrons. The summed E-state index contributed by atoms with van der Waals surface area (Å²) < 4.78 is 133. The van der Waals surface area contributed by atoms with E-state index >= 15 is 0 Å². The molecule has 0 aliphatic rings.